The molecule has 5 rings (SSSR count). The fraction of sp³-hybridized carbons (Fsp3) is 0.711. The molecule has 3 saturated heterocycles. The highest BCUT2D eigenvalue weighted by Gasteiger charge is 2.63. The van der Waals surface area contributed by atoms with E-state index < -0.39 is 83.1 Å². The van der Waals surface area contributed by atoms with E-state index in [0.29, 0.717) is 12.8 Å². The predicted molar refractivity (Wildman–Crippen MR) is 219 cm³/mol. The van der Waals surface area contributed by atoms with Crippen molar-refractivity contribution in [2.75, 3.05) is 27.7 Å². The summed E-state index contributed by atoms with van der Waals surface area (Å²) in [6.07, 6.45) is -1.29. The molecule has 1 N–H and O–H groups in total. The Morgan fingerprint density at radius 1 is 1.02 bits per heavy atom. The maximum absolute atomic E-state index is 17.0. The van der Waals surface area contributed by atoms with Gasteiger partial charge < -0.3 is 38.6 Å². The molecule has 13 atom stereocenters. The molecule has 3 aliphatic heterocycles. The Morgan fingerprint density at radius 2 is 1.71 bits per heavy atom. The minimum Gasteiger partial charge on any atom is -0.455 e. The number of halogens is 1. The number of ketones is 2. The van der Waals surface area contributed by atoms with Crippen molar-refractivity contribution in [3.63, 3.8) is 0 Å². The third kappa shape index (κ3) is 9.07. The van der Waals surface area contributed by atoms with Crippen LogP contribution in [-0.4, -0.2) is 131 Å². The highest BCUT2D eigenvalue weighted by atomic mass is 19.1. The standard InChI is InChI=1S/C45H66FN3O10/c1-12-34-45(13-2)37(49(42(54)59-45)23-17-16-18-30-21-22-47-32-20-15-14-19-31(30)32)28(5)35(50)26(3)25-43(7,55-11)39(29(6)38(52)44(8,46)41(53)57-34)58-40-36(51)33(48(9)10)24-27(4)56-40/h14-15,19-22,26-29,33-34,36-37,39-40,51H,12-13,16-18,23-25H2,1-11H3/t26-,27-,28+,29+,33+,34-,36-,37-,39-,40?,43+,44+,45-/m1/s1. The van der Waals surface area contributed by atoms with Crippen LogP contribution in [0.3, 0.4) is 0 Å². The number of Topliss-reactive ketones (excluding diaryl/α,β-unsaturated/α-hetero) is 2. The van der Waals surface area contributed by atoms with E-state index in [9.17, 15) is 24.3 Å². The highest BCUT2D eigenvalue weighted by Crippen LogP contribution is 2.45. The summed E-state index contributed by atoms with van der Waals surface area (Å²) in [5, 5.41) is 12.5. The molecule has 3 aliphatic rings. The maximum atomic E-state index is 17.0. The number of pyridine rings is 1. The van der Waals surface area contributed by atoms with Crippen LogP contribution in [-0.2, 0) is 44.5 Å². The molecule has 4 heterocycles. The van der Waals surface area contributed by atoms with E-state index in [0.717, 1.165) is 36.2 Å². The zero-order chi connectivity index (χ0) is 43.6. The summed E-state index contributed by atoms with van der Waals surface area (Å²) in [6.45, 7) is 13.1. The molecule has 1 amide bonds. The lowest BCUT2D eigenvalue weighted by Gasteiger charge is -2.47. The van der Waals surface area contributed by atoms with Gasteiger partial charge in [0.2, 0.25) is 0 Å². The number of benzene rings is 1. The number of likely N-dealkylation sites (N-methyl/N-ethyl adjacent to an activating group) is 1. The molecule has 3 fully saturated rings. The molecule has 1 aromatic carbocycles. The third-order valence-corrected chi connectivity index (χ3v) is 13.4. The lowest BCUT2D eigenvalue weighted by Crippen LogP contribution is -2.62. The summed E-state index contributed by atoms with van der Waals surface area (Å²) in [5.41, 5.74) is -4.11. The molecule has 0 radical (unpaired) electrons. The first kappa shape index (κ1) is 46.5. The number of nitrogens with zero attached hydrogens (tertiary/aromatic N) is 3. The van der Waals surface area contributed by atoms with Gasteiger partial charge in [0.15, 0.2) is 17.7 Å². The number of para-hydroxylation sites is 1. The first-order chi connectivity index (χ1) is 27.8. The molecule has 328 valence electrons. The van der Waals surface area contributed by atoms with Crippen molar-refractivity contribution in [2.24, 2.45) is 17.8 Å². The van der Waals surface area contributed by atoms with Gasteiger partial charge >= 0.3 is 12.1 Å². The number of carbonyl (C=O) groups excluding carboxylic acids is 4. The van der Waals surface area contributed by atoms with Gasteiger partial charge in [0, 0.05) is 49.0 Å². The van der Waals surface area contributed by atoms with Crippen LogP contribution in [0.4, 0.5) is 9.18 Å². The fourth-order valence-electron chi connectivity index (χ4n) is 9.97. The zero-order valence-electron chi connectivity index (χ0n) is 36.7. The molecule has 0 aliphatic carbocycles. The average molecular weight is 828 g/mol. The van der Waals surface area contributed by atoms with Gasteiger partial charge in [0.05, 0.1) is 29.4 Å². The number of aliphatic hydroxyl groups is 1. The Labute approximate surface area is 348 Å². The second-order valence-corrected chi connectivity index (χ2v) is 17.7. The van der Waals surface area contributed by atoms with Gasteiger partial charge in [-0.1, -0.05) is 52.8 Å². The summed E-state index contributed by atoms with van der Waals surface area (Å²) >= 11 is 0. The lowest BCUT2D eigenvalue weighted by molar-refractivity contribution is -0.295. The second-order valence-electron chi connectivity index (χ2n) is 17.7. The summed E-state index contributed by atoms with van der Waals surface area (Å²) in [6, 6.07) is 8.66. The number of ether oxygens (including phenoxy) is 5. The molecule has 1 aromatic heterocycles. The van der Waals surface area contributed by atoms with Gasteiger partial charge in [-0.05, 0) is 97.5 Å². The van der Waals surface area contributed by atoms with Crippen LogP contribution in [0, 0.1) is 17.8 Å². The Balaban J connectivity index is 1.52. The molecule has 0 saturated carbocycles. The number of hydrogen-bond donors (Lipinski definition) is 1. The molecule has 0 bridgehead atoms. The van der Waals surface area contributed by atoms with Gasteiger partial charge in [-0.25, -0.2) is 14.0 Å². The predicted octanol–water partition coefficient (Wildman–Crippen LogP) is 6.24. The molecule has 59 heavy (non-hydrogen) atoms. The lowest BCUT2D eigenvalue weighted by atomic mass is 9.72. The van der Waals surface area contributed by atoms with Crippen LogP contribution in [0.1, 0.15) is 99.5 Å². The number of hydrogen-bond acceptors (Lipinski definition) is 12. The van der Waals surface area contributed by atoms with Crippen LogP contribution in [0.5, 0.6) is 0 Å². The molecule has 1 unspecified atom stereocenters. The number of aryl methyl sites for hydroxylation is 1. The largest absolute Gasteiger partial charge is 0.455 e. The summed E-state index contributed by atoms with van der Waals surface area (Å²) in [5.74, 6) is -5.70. The van der Waals surface area contributed by atoms with E-state index in [4.69, 9.17) is 23.7 Å². The highest BCUT2D eigenvalue weighted by molar-refractivity contribution is 6.08. The van der Waals surface area contributed by atoms with E-state index >= 15 is 4.39 Å². The first-order valence-electron chi connectivity index (χ1n) is 21.3. The Hall–Kier alpha value is -3.56. The molecule has 14 heteroatoms. The average Bonchev–Trinajstić information content (AvgIpc) is 3.50. The van der Waals surface area contributed by atoms with Crippen molar-refractivity contribution in [2.45, 2.75) is 160 Å². The number of rotatable bonds is 11. The fourth-order valence-corrected chi connectivity index (χ4v) is 9.97. The molecule has 0 spiro atoms. The molecular formula is C45H66FN3O10. The maximum Gasteiger partial charge on any atom is 0.410 e. The van der Waals surface area contributed by atoms with Crippen molar-refractivity contribution >= 4 is 34.5 Å². The number of fused-ring (bicyclic) bond motifs is 2. The minimum absolute atomic E-state index is 0.00955. The van der Waals surface area contributed by atoms with E-state index in [1.54, 1.807) is 45.7 Å². The Morgan fingerprint density at radius 3 is 2.36 bits per heavy atom. The Bertz CT molecular complexity index is 1820. The van der Waals surface area contributed by atoms with E-state index in [2.05, 4.69) is 4.98 Å². The van der Waals surface area contributed by atoms with E-state index in [-0.39, 0.29) is 43.7 Å². The minimum atomic E-state index is -3.17. The quantitative estimate of drug-likeness (QED) is 0.155. The van der Waals surface area contributed by atoms with Crippen molar-refractivity contribution in [1.82, 2.24) is 14.8 Å². The number of aliphatic hydroxyl groups excluding tert-OH is 1. The zero-order valence-corrected chi connectivity index (χ0v) is 36.7. The van der Waals surface area contributed by atoms with E-state index in [1.165, 1.54) is 14.0 Å². The van der Waals surface area contributed by atoms with Gasteiger partial charge in [-0.3, -0.25) is 14.6 Å². The number of aromatic nitrogens is 1. The van der Waals surface area contributed by atoms with Gasteiger partial charge in [-0.15, -0.1) is 0 Å². The van der Waals surface area contributed by atoms with Crippen molar-refractivity contribution in [3.8, 4) is 0 Å². The normalized spacial score (nSPS) is 37.6. The smallest absolute Gasteiger partial charge is 0.410 e. The number of alkyl halides is 1. The van der Waals surface area contributed by atoms with Crippen LogP contribution < -0.4 is 0 Å². The van der Waals surface area contributed by atoms with Gasteiger partial charge in [0.1, 0.15) is 18.0 Å². The number of methoxy groups -OCH3 is 1. The van der Waals surface area contributed by atoms with Crippen molar-refractivity contribution in [3.05, 3.63) is 42.1 Å². The van der Waals surface area contributed by atoms with Gasteiger partial charge in [0.25, 0.3) is 5.67 Å². The van der Waals surface area contributed by atoms with Crippen LogP contribution in [0.15, 0.2) is 36.5 Å². The number of carbonyl (C=O) groups is 4. The number of unbranched alkanes of at least 4 members (excludes halogenated alkanes) is 1. The summed E-state index contributed by atoms with van der Waals surface area (Å²) < 4.78 is 47.9. The van der Waals surface area contributed by atoms with E-state index in [1.807, 2.05) is 56.3 Å². The Kier molecular flexibility index (Phi) is 14.7. The molecular weight excluding hydrogens is 762 g/mol. The van der Waals surface area contributed by atoms with Crippen LogP contribution >= 0.6 is 0 Å². The second kappa shape index (κ2) is 18.6. The number of amides is 1. The topological polar surface area (TPSA) is 154 Å². The monoisotopic (exact) mass is 827 g/mol. The third-order valence-electron chi connectivity index (χ3n) is 13.4. The van der Waals surface area contributed by atoms with Crippen LogP contribution in [0.2, 0.25) is 0 Å². The SMILES string of the molecule is CC[C@H]1OC(=O)[C@@](C)(F)C(=O)[C@H](C)[C@@H](OC2O[C@H](C)C[C@H](N(C)C)[C@H]2O)[C@@](C)(OC)C[C@@H](C)C(=O)[C@H](C)[C@H]2N(CCCCc3ccnc4ccccc34)C(=O)O[C@]12CC. The van der Waals surface area contributed by atoms with Crippen molar-refractivity contribution < 1.29 is 52.4 Å². The van der Waals surface area contributed by atoms with Gasteiger partial charge in [-0.2, -0.15) is 0 Å². The number of cyclic esters (lactones) is 1. The summed E-state index contributed by atoms with van der Waals surface area (Å²) in [7, 11) is 5.07. The first-order valence-corrected chi connectivity index (χ1v) is 21.3. The molecule has 13 nitrogen and oxygen atoms in total. The van der Waals surface area contributed by atoms with Crippen molar-refractivity contribution in [1.29, 1.82) is 0 Å². The summed E-state index contributed by atoms with van der Waals surface area (Å²) in [4.78, 5) is 65.1. The van der Waals surface area contributed by atoms with Crippen LogP contribution in [0.25, 0.3) is 10.9 Å². The molecule has 2 aromatic rings. The number of esters is 1.